The molecule has 1 aliphatic carbocycles. The van der Waals surface area contributed by atoms with Gasteiger partial charge < -0.3 is 20.1 Å². The maximum absolute atomic E-state index is 13.5. The van der Waals surface area contributed by atoms with E-state index >= 15 is 0 Å². The van der Waals surface area contributed by atoms with Crippen LogP contribution in [0.15, 0.2) is 55.1 Å². The lowest BCUT2D eigenvalue weighted by Crippen LogP contribution is -2.50. The van der Waals surface area contributed by atoms with Gasteiger partial charge >= 0.3 is 18.1 Å². The van der Waals surface area contributed by atoms with Crippen LogP contribution in [0.2, 0.25) is 0 Å². The zero-order valence-electron chi connectivity index (χ0n) is 22.8. The lowest BCUT2D eigenvalue weighted by molar-refractivity contribution is 0.0491. The Kier molecular flexibility index (Phi) is 8.90. The van der Waals surface area contributed by atoms with Crippen molar-refractivity contribution in [2.24, 2.45) is 0 Å². The smallest absolute Gasteiger partial charge is 0.407 e. The quantitative estimate of drug-likeness (QED) is 0.454. The van der Waals surface area contributed by atoms with Crippen molar-refractivity contribution in [2.75, 3.05) is 12.0 Å². The number of alkyl carbamates (subject to hydrolysis) is 1. The van der Waals surface area contributed by atoms with E-state index in [0.717, 1.165) is 5.56 Å². The number of anilines is 1. The number of hydrogen-bond acceptors (Lipinski definition) is 8. The number of carbonyl (C=O) groups is 2. The first-order chi connectivity index (χ1) is 18.7. The largest absolute Gasteiger partial charge is 0.467 e. The van der Waals surface area contributed by atoms with E-state index in [9.17, 15) is 9.59 Å². The third kappa shape index (κ3) is 7.86. The Balaban J connectivity index is 1.47. The van der Waals surface area contributed by atoms with Gasteiger partial charge in [0.2, 0.25) is 0 Å². The fourth-order valence-corrected chi connectivity index (χ4v) is 4.42. The van der Waals surface area contributed by atoms with Gasteiger partial charge in [0, 0.05) is 36.6 Å². The number of aromatic nitrogens is 4. The molecule has 1 fully saturated rings. The Hall–Kier alpha value is -4.28. The minimum absolute atomic E-state index is 0.0196. The number of benzene rings is 1. The number of hydrogen-bond donors (Lipinski definition) is 2. The molecule has 2 aromatic heterocycles. The third-order valence-corrected chi connectivity index (χ3v) is 6.28. The Morgan fingerprint density at radius 1 is 0.949 bits per heavy atom. The summed E-state index contributed by atoms with van der Waals surface area (Å²) in [5.74, 6) is 0.447. The summed E-state index contributed by atoms with van der Waals surface area (Å²) in [5.41, 5.74) is 1.70. The molecule has 1 aromatic carbocycles. The first kappa shape index (κ1) is 27.7. The molecule has 2 heterocycles. The van der Waals surface area contributed by atoms with Crippen LogP contribution in [0, 0.1) is 0 Å². The second-order valence-corrected chi connectivity index (χ2v) is 10.4. The second-order valence-electron chi connectivity index (χ2n) is 10.4. The van der Waals surface area contributed by atoms with Crippen molar-refractivity contribution in [2.45, 2.75) is 70.7 Å². The predicted octanol–water partition coefficient (Wildman–Crippen LogP) is 4.49. The van der Waals surface area contributed by atoms with Gasteiger partial charge in [-0.15, -0.1) is 0 Å². The molecule has 206 valence electrons. The van der Waals surface area contributed by atoms with Gasteiger partial charge in [-0.05, 0) is 52.0 Å². The Labute approximate surface area is 228 Å². The summed E-state index contributed by atoms with van der Waals surface area (Å²) in [5, 5.41) is 5.97. The number of nitrogens with one attached hydrogen (secondary N) is 2. The average Bonchev–Trinajstić information content (AvgIpc) is 2.93. The van der Waals surface area contributed by atoms with Crippen molar-refractivity contribution in [3.8, 4) is 17.3 Å². The summed E-state index contributed by atoms with van der Waals surface area (Å²) in [7, 11) is 1.50. The molecule has 1 saturated carbocycles. The van der Waals surface area contributed by atoms with Gasteiger partial charge in [-0.2, -0.15) is 0 Å². The topological polar surface area (TPSA) is 131 Å². The summed E-state index contributed by atoms with van der Waals surface area (Å²) in [6.07, 6.45) is 8.79. The van der Waals surface area contributed by atoms with E-state index in [1.54, 1.807) is 29.7 Å². The van der Waals surface area contributed by atoms with Crippen LogP contribution >= 0.6 is 0 Å². The molecular formula is C28H35N7O4. The van der Waals surface area contributed by atoms with Crippen LogP contribution in [0.5, 0.6) is 6.01 Å². The SMILES string of the molecule is COc1ncc(-c2cnc(N(C(=O)NCc3ccccc3)C3CCC(NC(=O)OC(C)(C)C)CC3)cn2)cn1. The molecule has 1 aliphatic rings. The minimum Gasteiger partial charge on any atom is -0.467 e. The van der Waals surface area contributed by atoms with Crippen LogP contribution in [-0.4, -0.2) is 56.9 Å². The van der Waals surface area contributed by atoms with Crippen LogP contribution in [0.4, 0.5) is 15.4 Å². The first-order valence-corrected chi connectivity index (χ1v) is 13.0. The molecule has 11 nitrogen and oxygen atoms in total. The van der Waals surface area contributed by atoms with Crippen molar-refractivity contribution in [3.63, 3.8) is 0 Å². The summed E-state index contributed by atoms with van der Waals surface area (Å²) in [6.45, 7) is 5.90. The lowest BCUT2D eigenvalue weighted by atomic mass is 9.90. The van der Waals surface area contributed by atoms with E-state index in [1.807, 2.05) is 51.1 Å². The number of amides is 3. The van der Waals surface area contributed by atoms with E-state index in [2.05, 4.69) is 30.6 Å². The molecule has 0 aliphatic heterocycles. The standard InChI is InChI=1S/C28H35N7O4/c1-28(2,3)39-27(37)34-21-10-12-22(13-11-21)35(26(36)33-14-19-8-6-5-7-9-19)24-18-29-23(17-30-24)20-15-31-25(38-4)32-16-20/h5-9,15-18,21-22H,10-14H2,1-4H3,(H,33,36)(H,34,37). The van der Waals surface area contributed by atoms with E-state index in [-0.39, 0.29) is 24.1 Å². The molecule has 0 unspecified atom stereocenters. The van der Waals surface area contributed by atoms with Crippen LogP contribution in [0.3, 0.4) is 0 Å². The highest BCUT2D eigenvalue weighted by molar-refractivity contribution is 5.91. The Morgan fingerprint density at radius 3 is 2.23 bits per heavy atom. The molecule has 0 bridgehead atoms. The molecular weight excluding hydrogens is 498 g/mol. The molecule has 4 rings (SSSR count). The zero-order chi connectivity index (χ0) is 27.8. The monoisotopic (exact) mass is 533 g/mol. The number of urea groups is 1. The van der Waals surface area contributed by atoms with Crippen molar-refractivity contribution in [1.82, 2.24) is 30.6 Å². The lowest BCUT2D eigenvalue weighted by Gasteiger charge is -2.36. The van der Waals surface area contributed by atoms with E-state index < -0.39 is 11.7 Å². The van der Waals surface area contributed by atoms with Crippen LogP contribution in [-0.2, 0) is 11.3 Å². The number of ether oxygens (including phenoxy) is 2. The van der Waals surface area contributed by atoms with Crippen molar-refractivity contribution in [3.05, 3.63) is 60.7 Å². The first-order valence-electron chi connectivity index (χ1n) is 13.0. The minimum atomic E-state index is -0.558. The summed E-state index contributed by atoms with van der Waals surface area (Å²) < 4.78 is 10.4. The number of rotatable bonds is 7. The normalized spacial score (nSPS) is 17.1. The molecule has 0 radical (unpaired) electrons. The number of carbonyl (C=O) groups excluding carboxylic acids is 2. The highest BCUT2D eigenvalue weighted by atomic mass is 16.6. The molecule has 3 amide bonds. The van der Waals surface area contributed by atoms with E-state index in [0.29, 0.717) is 49.3 Å². The molecule has 0 saturated heterocycles. The summed E-state index contributed by atoms with van der Waals surface area (Å²) >= 11 is 0. The zero-order valence-corrected chi connectivity index (χ0v) is 22.8. The van der Waals surface area contributed by atoms with Crippen LogP contribution in [0.25, 0.3) is 11.3 Å². The van der Waals surface area contributed by atoms with Crippen molar-refractivity contribution >= 4 is 17.9 Å². The Morgan fingerprint density at radius 2 is 1.64 bits per heavy atom. The van der Waals surface area contributed by atoms with Gasteiger partial charge in [0.15, 0.2) is 5.82 Å². The fraction of sp³-hybridized carbons (Fsp3) is 0.429. The van der Waals surface area contributed by atoms with Gasteiger partial charge in [-0.3, -0.25) is 9.88 Å². The fourth-order valence-electron chi connectivity index (χ4n) is 4.42. The molecule has 11 heteroatoms. The van der Waals surface area contributed by atoms with Gasteiger partial charge in [0.25, 0.3) is 0 Å². The molecule has 0 spiro atoms. The number of nitrogens with zero attached hydrogens (tertiary/aromatic N) is 5. The maximum Gasteiger partial charge on any atom is 0.407 e. The maximum atomic E-state index is 13.5. The highest BCUT2D eigenvalue weighted by Gasteiger charge is 2.32. The molecule has 3 aromatic rings. The highest BCUT2D eigenvalue weighted by Crippen LogP contribution is 2.28. The Bertz CT molecular complexity index is 1220. The van der Waals surface area contributed by atoms with Crippen LogP contribution in [0.1, 0.15) is 52.0 Å². The second kappa shape index (κ2) is 12.5. The average molecular weight is 534 g/mol. The van der Waals surface area contributed by atoms with E-state index in [1.165, 1.54) is 7.11 Å². The van der Waals surface area contributed by atoms with E-state index in [4.69, 9.17) is 9.47 Å². The predicted molar refractivity (Wildman–Crippen MR) is 146 cm³/mol. The van der Waals surface area contributed by atoms with Gasteiger partial charge in [0.1, 0.15) is 5.60 Å². The van der Waals surface area contributed by atoms with Crippen molar-refractivity contribution in [1.29, 1.82) is 0 Å². The van der Waals surface area contributed by atoms with Crippen molar-refractivity contribution < 1.29 is 19.1 Å². The van der Waals surface area contributed by atoms with Crippen LogP contribution < -0.4 is 20.3 Å². The summed E-state index contributed by atoms with van der Waals surface area (Å²) in [4.78, 5) is 44.7. The van der Waals surface area contributed by atoms with Gasteiger partial charge in [-0.1, -0.05) is 30.3 Å². The molecule has 0 atom stereocenters. The third-order valence-electron chi connectivity index (χ3n) is 6.28. The van der Waals surface area contributed by atoms with Gasteiger partial charge in [-0.25, -0.2) is 24.5 Å². The molecule has 2 N–H and O–H groups in total. The number of methoxy groups -OCH3 is 1. The molecule has 39 heavy (non-hydrogen) atoms. The van der Waals surface area contributed by atoms with Gasteiger partial charge in [0.05, 0.1) is 25.2 Å². The summed E-state index contributed by atoms with van der Waals surface area (Å²) in [6, 6.07) is 9.62.